The van der Waals surface area contributed by atoms with E-state index in [4.69, 9.17) is 9.72 Å². The van der Waals surface area contributed by atoms with Crippen molar-refractivity contribution in [2.75, 3.05) is 56.7 Å². The number of carbonyl (C=O) groups is 1. The zero-order valence-electron chi connectivity index (χ0n) is 20.5. The van der Waals surface area contributed by atoms with E-state index in [9.17, 15) is 4.79 Å². The van der Waals surface area contributed by atoms with E-state index in [0.29, 0.717) is 24.8 Å². The van der Waals surface area contributed by atoms with Gasteiger partial charge in [0.1, 0.15) is 23.8 Å². The van der Waals surface area contributed by atoms with Gasteiger partial charge >= 0.3 is 0 Å². The number of likely N-dealkylation sites (tertiary alicyclic amines) is 1. The van der Waals surface area contributed by atoms with Crippen LogP contribution in [-0.2, 0) is 22.5 Å². The number of amides is 1. The Morgan fingerprint density at radius 2 is 1.91 bits per heavy atom. The van der Waals surface area contributed by atoms with Gasteiger partial charge in [0, 0.05) is 63.8 Å². The van der Waals surface area contributed by atoms with Crippen LogP contribution in [0, 0.1) is 0 Å². The van der Waals surface area contributed by atoms with Crippen molar-refractivity contribution in [1.82, 2.24) is 24.4 Å². The zero-order valence-corrected chi connectivity index (χ0v) is 20.5. The summed E-state index contributed by atoms with van der Waals surface area (Å²) in [6.07, 6.45) is 9.91. The van der Waals surface area contributed by atoms with E-state index in [1.54, 1.807) is 13.4 Å². The number of hydrogen-bond acceptors (Lipinski definition) is 7. The molecule has 2 fully saturated rings. The molecule has 3 aliphatic rings. The minimum atomic E-state index is 0.0356. The summed E-state index contributed by atoms with van der Waals surface area (Å²) in [5.74, 6) is 3.50. The second-order valence-electron chi connectivity index (χ2n) is 9.95. The highest BCUT2D eigenvalue weighted by molar-refractivity contribution is 5.94. The van der Waals surface area contributed by atoms with Crippen LogP contribution in [0.3, 0.4) is 0 Å². The zero-order chi connectivity index (χ0) is 23.5. The van der Waals surface area contributed by atoms with Gasteiger partial charge in [-0.05, 0) is 44.7 Å². The van der Waals surface area contributed by atoms with E-state index < -0.39 is 0 Å². The van der Waals surface area contributed by atoms with Gasteiger partial charge in [0.2, 0.25) is 5.91 Å². The molecule has 2 aromatic heterocycles. The van der Waals surface area contributed by atoms with Crippen LogP contribution >= 0.6 is 0 Å². The summed E-state index contributed by atoms with van der Waals surface area (Å²) >= 11 is 0. The van der Waals surface area contributed by atoms with Crippen molar-refractivity contribution < 1.29 is 9.53 Å². The average Bonchev–Trinajstić information content (AvgIpc) is 3.51. The molecule has 5 heterocycles. The van der Waals surface area contributed by atoms with Crippen LogP contribution < -0.4 is 10.2 Å². The molecule has 3 aliphatic heterocycles. The van der Waals surface area contributed by atoms with Crippen molar-refractivity contribution in [3.05, 3.63) is 29.6 Å². The van der Waals surface area contributed by atoms with Gasteiger partial charge in [-0.3, -0.25) is 4.79 Å². The van der Waals surface area contributed by atoms with Crippen molar-refractivity contribution >= 4 is 17.5 Å². The molecule has 0 radical (unpaired) electrons. The lowest BCUT2D eigenvalue weighted by Gasteiger charge is -2.35. The Balaban J connectivity index is 1.29. The molecule has 2 aromatic rings. The number of methoxy groups -OCH3 is 1. The van der Waals surface area contributed by atoms with Gasteiger partial charge < -0.3 is 24.4 Å². The van der Waals surface area contributed by atoms with Crippen LogP contribution in [-0.4, -0.2) is 76.8 Å². The number of rotatable bonds is 8. The molecular formula is C25H37N7O2. The van der Waals surface area contributed by atoms with Crippen LogP contribution in [0.5, 0.6) is 0 Å². The number of hydrogen-bond donors (Lipinski definition) is 1. The van der Waals surface area contributed by atoms with E-state index in [-0.39, 0.29) is 11.8 Å². The largest absolute Gasteiger partial charge is 0.384 e. The Morgan fingerprint density at radius 3 is 2.68 bits per heavy atom. The monoisotopic (exact) mass is 467 g/mol. The quantitative estimate of drug-likeness (QED) is 0.639. The van der Waals surface area contributed by atoms with E-state index in [1.165, 1.54) is 31.8 Å². The number of imidazole rings is 1. The average molecular weight is 468 g/mol. The molecule has 0 aliphatic carbocycles. The minimum Gasteiger partial charge on any atom is -0.384 e. The molecule has 2 saturated heterocycles. The van der Waals surface area contributed by atoms with Crippen molar-refractivity contribution in [1.29, 1.82) is 0 Å². The molecule has 184 valence electrons. The molecule has 1 unspecified atom stereocenters. The van der Waals surface area contributed by atoms with Gasteiger partial charge in [-0.1, -0.05) is 6.92 Å². The molecule has 0 spiro atoms. The number of nitrogens with zero attached hydrogens (tertiary/aromatic N) is 6. The summed E-state index contributed by atoms with van der Waals surface area (Å²) in [5.41, 5.74) is 2.21. The normalized spacial score (nSPS) is 21.6. The summed E-state index contributed by atoms with van der Waals surface area (Å²) in [7, 11) is 1.75. The van der Waals surface area contributed by atoms with Gasteiger partial charge in [-0.25, -0.2) is 15.0 Å². The first-order valence-corrected chi connectivity index (χ1v) is 12.8. The Morgan fingerprint density at radius 1 is 1.12 bits per heavy atom. The SMILES string of the molecule is COCCc1cn(CCN2CCCC2)c(C2CCN(c3ncnc4c3C(C)CC(=O)N4)CC2)n1. The van der Waals surface area contributed by atoms with Crippen LogP contribution in [0.15, 0.2) is 12.5 Å². The van der Waals surface area contributed by atoms with Gasteiger partial charge in [-0.2, -0.15) is 0 Å². The molecule has 34 heavy (non-hydrogen) atoms. The molecular weight excluding hydrogens is 430 g/mol. The van der Waals surface area contributed by atoms with E-state index in [0.717, 1.165) is 62.5 Å². The van der Waals surface area contributed by atoms with Crippen LogP contribution in [0.4, 0.5) is 11.6 Å². The predicted molar refractivity (Wildman–Crippen MR) is 131 cm³/mol. The highest BCUT2D eigenvalue weighted by Crippen LogP contribution is 2.38. The molecule has 9 nitrogen and oxygen atoms in total. The topological polar surface area (TPSA) is 88.4 Å². The lowest BCUT2D eigenvalue weighted by Crippen LogP contribution is -2.36. The summed E-state index contributed by atoms with van der Waals surface area (Å²) in [5, 5.41) is 2.92. The van der Waals surface area contributed by atoms with Crippen LogP contribution in [0.25, 0.3) is 0 Å². The fraction of sp³-hybridized carbons (Fsp3) is 0.680. The predicted octanol–water partition coefficient (Wildman–Crippen LogP) is 2.79. The molecule has 1 amide bonds. The second kappa shape index (κ2) is 10.4. The number of aromatic nitrogens is 4. The maximum atomic E-state index is 12.0. The van der Waals surface area contributed by atoms with Crippen molar-refractivity contribution in [2.24, 2.45) is 0 Å². The van der Waals surface area contributed by atoms with Gasteiger partial charge in [0.25, 0.3) is 0 Å². The number of fused-ring (bicyclic) bond motifs is 1. The van der Waals surface area contributed by atoms with E-state index in [1.807, 2.05) is 0 Å². The van der Waals surface area contributed by atoms with Crippen molar-refractivity contribution in [3.8, 4) is 0 Å². The van der Waals surface area contributed by atoms with Crippen molar-refractivity contribution in [3.63, 3.8) is 0 Å². The highest BCUT2D eigenvalue weighted by Gasteiger charge is 2.31. The minimum absolute atomic E-state index is 0.0356. The number of nitrogens with one attached hydrogen (secondary N) is 1. The molecule has 1 N–H and O–H groups in total. The highest BCUT2D eigenvalue weighted by atomic mass is 16.5. The number of piperidine rings is 1. The summed E-state index contributed by atoms with van der Waals surface area (Å²) in [6.45, 7) is 9.21. The lowest BCUT2D eigenvalue weighted by atomic mass is 9.92. The van der Waals surface area contributed by atoms with E-state index >= 15 is 0 Å². The van der Waals surface area contributed by atoms with E-state index in [2.05, 4.69) is 42.8 Å². The third kappa shape index (κ3) is 4.95. The second-order valence-corrected chi connectivity index (χ2v) is 9.95. The fourth-order valence-electron chi connectivity index (χ4n) is 5.68. The Hall–Kier alpha value is -2.52. The maximum Gasteiger partial charge on any atom is 0.226 e. The lowest BCUT2D eigenvalue weighted by molar-refractivity contribution is -0.116. The molecule has 9 heteroatoms. The fourth-order valence-corrected chi connectivity index (χ4v) is 5.68. The molecule has 5 rings (SSSR count). The molecule has 0 saturated carbocycles. The van der Waals surface area contributed by atoms with Gasteiger partial charge in [0.05, 0.1) is 12.3 Å². The Labute approximate surface area is 201 Å². The van der Waals surface area contributed by atoms with Gasteiger partial charge in [-0.15, -0.1) is 0 Å². The van der Waals surface area contributed by atoms with Gasteiger partial charge in [0.15, 0.2) is 0 Å². The summed E-state index contributed by atoms with van der Waals surface area (Å²) in [4.78, 5) is 30.9. The first-order chi connectivity index (χ1) is 16.6. The number of anilines is 2. The molecule has 1 atom stereocenters. The first-order valence-electron chi connectivity index (χ1n) is 12.8. The van der Waals surface area contributed by atoms with Crippen molar-refractivity contribution in [2.45, 2.75) is 63.8 Å². The number of ether oxygens (including phenoxy) is 1. The standard InChI is InChI=1S/C25H37N7O2/c1-18-15-21(33)29-23-22(18)25(27-17-26-23)31-10-5-19(6-11-31)24-28-20(7-14-34-2)16-32(24)13-12-30-8-3-4-9-30/h16-19H,3-15H2,1-2H3,(H,26,27,29,33). The molecule has 0 aromatic carbocycles. The Bertz CT molecular complexity index is 993. The Kier molecular flexibility index (Phi) is 7.10. The third-order valence-corrected chi connectivity index (χ3v) is 7.54. The summed E-state index contributed by atoms with van der Waals surface area (Å²) < 4.78 is 7.71. The van der Waals surface area contributed by atoms with Crippen LogP contribution in [0.1, 0.15) is 67.9 Å². The number of carbonyl (C=O) groups excluding carboxylic acids is 1. The first kappa shape index (κ1) is 23.2. The summed E-state index contributed by atoms with van der Waals surface area (Å²) in [6, 6.07) is 0. The third-order valence-electron chi connectivity index (χ3n) is 7.54. The van der Waals surface area contributed by atoms with Crippen LogP contribution in [0.2, 0.25) is 0 Å². The smallest absolute Gasteiger partial charge is 0.226 e. The molecule has 0 bridgehead atoms. The maximum absolute atomic E-state index is 12.0.